The van der Waals surface area contributed by atoms with Gasteiger partial charge < -0.3 is 4.55 Å². The summed E-state index contributed by atoms with van der Waals surface area (Å²) >= 11 is -0.883. The van der Waals surface area contributed by atoms with Crippen molar-refractivity contribution in [3.8, 4) is 0 Å². The first-order valence-corrected chi connectivity index (χ1v) is 11.9. The fraction of sp³-hybridized carbons (Fsp3) is 1.00. The van der Waals surface area contributed by atoms with Crippen molar-refractivity contribution >= 4 is 11.4 Å². The van der Waals surface area contributed by atoms with Gasteiger partial charge in [-0.2, -0.15) is 0 Å². The zero-order valence-corrected chi connectivity index (χ0v) is 18.1. The molecule has 0 aliphatic carbocycles. The Balaban J connectivity index is 4.17. The van der Waals surface area contributed by atoms with E-state index in [1.807, 2.05) is 0 Å². The Hall–Kier alpha value is 0.270. The average molecular weight is 360 g/mol. The van der Waals surface area contributed by atoms with E-state index in [-0.39, 0.29) is 5.25 Å². The van der Waals surface area contributed by atoms with Gasteiger partial charge in [-0.15, -0.1) is 4.72 Å². The molecule has 0 rings (SSSR count). The summed E-state index contributed by atoms with van der Waals surface area (Å²) in [7, 11) is 0. The summed E-state index contributed by atoms with van der Waals surface area (Å²) in [6, 6.07) is 0.448. The minimum atomic E-state index is -0.883. The normalized spacial score (nSPS) is 14.5. The quantitative estimate of drug-likeness (QED) is 0.230. The van der Waals surface area contributed by atoms with Gasteiger partial charge in [-0.05, 0) is 32.1 Å². The second-order valence-corrected chi connectivity index (χ2v) is 9.59. The van der Waals surface area contributed by atoms with Crippen molar-refractivity contribution in [2.24, 2.45) is 5.92 Å². The van der Waals surface area contributed by atoms with Crippen LogP contribution in [0.4, 0.5) is 0 Å². The largest absolute Gasteiger partial charge is 0.598 e. The van der Waals surface area contributed by atoms with Gasteiger partial charge in [0.25, 0.3) is 0 Å². The van der Waals surface area contributed by atoms with E-state index >= 15 is 0 Å². The smallest absolute Gasteiger partial charge is 0.132 e. The zero-order valence-electron chi connectivity index (χ0n) is 17.2. The van der Waals surface area contributed by atoms with Crippen LogP contribution in [0.2, 0.25) is 0 Å². The van der Waals surface area contributed by atoms with Crippen LogP contribution < -0.4 is 4.72 Å². The third-order valence-electron chi connectivity index (χ3n) is 4.76. The van der Waals surface area contributed by atoms with E-state index in [4.69, 9.17) is 0 Å². The van der Waals surface area contributed by atoms with E-state index in [0.717, 1.165) is 6.42 Å². The molecule has 0 aromatic rings. The fourth-order valence-corrected chi connectivity index (χ4v) is 4.64. The van der Waals surface area contributed by atoms with Gasteiger partial charge in [0.15, 0.2) is 0 Å². The molecule has 2 nitrogen and oxygen atoms in total. The first kappa shape index (κ1) is 24.3. The summed E-state index contributed by atoms with van der Waals surface area (Å²) in [5, 5.41) is 0.257. The molecule has 146 valence electrons. The average Bonchev–Trinajstić information content (AvgIpc) is 2.53. The Labute approximate surface area is 156 Å². The summed E-state index contributed by atoms with van der Waals surface area (Å²) < 4.78 is 16.0. The predicted octanol–water partition coefficient (Wildman–Crippen LogP) is 6.76. The molecule has 0 aromatic heterocycles. The molecule has 2 atom stereocenters. The zero-order chi connectivity index (χ0) is 18.2. The van der Waals surface area contributed by atoms with Crippen LogP contribution in [0, 0.1) is 5.92 Å². The predicted molar refractivity (Wildman–Crippen MR) is 111 cm³/mol. The molecule has 1 N–H and O–H groups in total. The second kappa shape index (κ2) is 16.7. The van der Waals surface area contributed by atoms with E-state index in [9.17, 15) is 4.55 Å². The van der Waals surface area contributed by atoms with Crippen molar-refractivity contribution in [3.05, 3.63) is 0 Å². The van der Waals surface area contributed by atoms with Crippen LogP contribution in [-0.4, -0.2) is 15.8 Å². The molecule has 0 aromatic carbocycles. The Morgan fingerprint density at radius 1 is 0.750 bits per heavy atom. The lowest BCUT2D eigenvalue weighted by Gasteiger charge is -2.25. The van der Waals surface area contributed by atoms with E-state index in [2.05, 4.69) is 39.3 Å². The van der Waals surface area contributed by atoms with Gasteiger partial charge in [0.05, 0.1) is 6.04 Å². The van der Waals surface area contributed by atoms with Gasteiger partial charge in [0.2, 0.25) is 0 Å². The van der Waals surface area contributed by atoms with E-state index in [1.165, 1.54) is 77.0 Å². The Bertz CT molecular complexity index is 246. The Morgan fingerprint density at radius 2 is 1.21 bits per heavy atom. The molecule has 0 fully saturated rings. The molecule has 3 heteroatoms. The third-order valence-corrected chi connectivity index (χ3v) is 6.25. The van der Waals surface area contributed by atoms with Crippen LogP contribution in [-0.2, 0) is 11.4 Å². The minimum Gasteiger partial charge on any atom is -0.598 e. The van der Waals surface area contributed by atoms with Gasteiger partial charge in [0, 0.05) is 11.4 Å². The van der Waals surface area contributed by atoms with E-state index in [1.54, 1.807) is 0 Å². The lowest BCUT2D eigenvalue weighted by Crippen LogP contribution is -2.40. The monoisotopic (exact) mass is 359 g/mol. The molecule has 0 saturated carbocycles. The van der Waals surface area contributed by atoms with Crippen LogP contribution in [0.25, 0.3) is 0 Å². The van der Waals surface area contributed by atoms with Crippen LogP contribution in [0.15, 0.2) is 0 Å². The first-order valence-electron chi connectivity index (χ1n) is 10.7. The van der Waals surface area contributed by atoms with Crippen molar-refractivity contribution in [1.82, 2.24) is 4.72 Å². The molecule has 2 unspecified atom stereocenters. The first-order chi connectivity index (χ1) is 11.5. The summed E-state index contributed by atoms with van der Waals surface area (Å²) in [5.41, 5.74) is 0. The maximum absolute atomic E-state index is 12.6. The van der Waals surface area contributed by atoms with Crippen molar-refractivity contribution in [3.63, 3.8) is 0 Å². The van der Waals surface area contributed by atoms with Crippen LogP contribution >= 0.6 is 0 Å². The van der Waals surface area contributed by atoms with E-state index < -0.39 is 11.4 Å². The van der Waals surface area contributed by atoms with Crippen LogP contribution in [0.3, 0.4) is 0 Å². The number of nitrogens with one attached hydrogen (secondary N) is 1. The molecule has 0 saturated heterocycles. The van der Waals surface area contributed by atoms with Gasteiger partial charge >= 0.3 is 0 Å². The number of unbranched alkanes of at least 4 members (excludes halogenated alkanes) is 8. The third kappa shape index (κ3) is 14.6. The molecular formula is C21H45NOS. The lowest BCUT2D eigenvalue weighted by atomic mass is 10.0. The molecule has 0 aliphatic rings. The summed E-state index contributed by atoms with van der Waals surface area (Å²) in [4.78, 5) is 0. The summed E-state index contributed by atoms with van der Waals surface area (Å²) in [6.45, 7) is 11.1. The second-order valence-electron chi connectivity index (χ2n) is 7.96. The highest BCUT2D eigenvalue weighted by atomic mass is 32.2. The number of hydrogen-bond acceptors (Lipinski definition) is 2. The molecule has 0 radical (unpaired) electrons. The molecule has 0 amide bonds. The molecule has 0 spiro atoms. The maximum Gasteiger partial charge on any atom is 0.132 e. The van der Waals surface area contributed by atoms with Crippen molar-refractivity contribution in [1.29, 1.82) is 0 Å². The Kier molecular flexibility index (Phi) is 16.9. The van der Waals surface area contributed by atoms with Crippen molar-refractivity contribution in [2.75, 3.05) is 0 Å². The SMILES string of the molecule is CCCCCCCC(CCCCCCC)N[S+]([O-])C(C)CC(C)C. The summed E-state index contributed by atoms with van der Waals surface area (Å²) in [5.74, 6) is 0.618. The maximum atomic E-state index is 12.6. The topological polar surface area (TPSA) is 35.1 Å². The van der Waals surface area contributed by atoms with Gasteiger partial charge in [-0.25, -0.2) is 0 Å². The van der Waals surface area contributed by atoms with Crippen molar-refractivity contribution < 1.29 is 4.55 Å². The summed E-state index contributed by atoms with van der Waals surface area (Å²) in [6.07, 6.45) is 16.7. The highest BCUT2D eigenvalue weighted by Gasteiger charge is 2.22. The Morgan fingerprint density at radius 3 is 1.62 bits per heavy atom. The van der Waals surface area contributed by atoms with Crippen LogP contribution in [0.5, 0.6) is 0 Å². The van der Waals surface area contributed by atoms with E-state index in [0.29, 0.717) is 12.0 Å². The number of rotatable bonds is 17. The highest BCUT2D eigenvalue weighted by Crippen LogP contribution is 2.17. The minimum absolute atomic E-state index is 0.257. The standard InChI is InChI=1S/C21H45NOS/c1-6-8-10-12-14-16-21(17-15-13-11-9-7-2)22-24(23)20(5)18-19(3)4/h19-22H,6-18H2,1-5H3. The molecule has 0 bridgehead atoms. The molecule has 0 heterocycles. The molecule has 0 aliphatic heterocycles. The molecular weight excluding hydrogens is 314 g/mol. The fourth-order valence-electron chi connectivity index (χ4n) is 3.28. The van der Waals surface area contributed by atoms with Crippen LogP contribution in [0.1, 0.15) is 118 Å². The van der Waals surface area contributed by atoms with Gasteiger partial charge in [-0.1, -0.05) is 91.9 Å². The van der Waals surface area contributed by atoms with Gasteiger partial charge in [0.1, 0.15) is 5.25 Å². The molecule has 24 heavy (non-hydrogen) atoms. The lowest BCUT2D eigenvalue weighted by molar-refractivity contribution is 0.447. The highest BCUT2D eigenvalue weighted by molar-refractivity contribution is 7.90. The van der Waals surface area contributed by atoms with Gasteiger partial charge in [-0.3, -0.25) is 0 Å². The number of hydrogen-bond donors (Lipinski definition) is 1. The van der Waals surface area contributed by atoms with Crippen molar-refractivity contribution in [2.45, 2.75) is 129 Å².